The summed E-state index contributed by atoms with van der Waals surface area (Å²) in [6.07, 6.45) is 2.60. The van der Waals surface area contributed by atoms with Gasteiger partial charge in [-0.2, -0.15) is 0 Å². The molecule has 0 radical (unpaired) electrons. The molecule has 1 saturated heterocycles. The molecular weight excluding hydrogens is 206 g/mol. The van der Waals surface area contributed by atoms with Gasteiger partial charge in [-0.05, 0) is 39.5 Å². The third-order valence-corrected chi connectivity index (χ3v) is 3.40. The van der Waals surface area contributed by atoms with E-state index in [9.17, 15) is 9.59 Å². The van der Waals surface area contributed by atoms with Gasteiger partial charge < -0.3 is 14.4 Å². The Labute approximate surface area is 95.9 Å². The third-order valence-electron chi connectivity index (χ3n) is 3.40. The molecule has 1 aliphatic heterocycles. The molecular formula is C12H19NO3. The van der Waals surface area contributed by atoms with Gasteiger partial charge in [0.15, 0.2) is 0 Å². The molecule has 1 amide bonds. The Bertz CT molecular complexity index is 321. The molecule has 2 aliphatic rings. The van der Waals surface area contributed by atoms with E-state index in [2.05, 4.69) is 0 Å². The van der Waals surface area contributed by atoms with Crippen LogP contribution in [0.3, 0.4) is 0 Å². The average Bonchev–Trinajstić information content (AvgIpc) is 2.88. The van der Waals surface area contributed by atoms with E-state index < -0.39 is 5.60 Å². The Hall–Kier alpha value is -1.06. The maximum atomic E-state index is 11.8. The van der Waals surface area contributed by atoms with E-state index in [1.807, 2.05) is 20.8 Å². The van der Waals surface area contributed by atoms with E-state index in [0.717, 1.165) is 25.7 Å². The van der Waals surface area contributed by atoms with E-state index in [0.29, 0.717) is 12.5 Å². The van der Waals surface area contributed by atoms with Gasteiger partial charge in [0, 0.05) is 18.5 Å². The molecule has 0 N–H and O–H groups in total. The Morgan fingerprint density at radius 1 is 1.50 bits per heavy atom. The molecule has 4 nitrogen and oxygen atoms in total. The number of ether oxygens (including phenoxy) is 1. The van der Waals surface area contributed by atoms with Crippen molar-refractivity contribution in [2.24, 2.45) is 11.3 Å². The highest BCUT2D eigenvalue weighted by molar-refractivity contribution is 5.72. The Kier molecular flexibility index (Phi) is 2.48. The van der Waals surface area contributed by atoms with Crippen LogP contribution < -0.4 is 0 Å². The lowest BCUT2D eigenvalue weighted by Crippen LogP contribution is -2.44. The van der Waals surface area contributed by atoms with Gasteiger partial charge in [-0.25, -0.2) is 4.79 Å². The predicted molar refractivity (Wildman–Crippen MR) is 59.0 cm³/mol. The summed E-state index contributed by atoms with van der Waals surface area (Å²) in [5.41, 5.74) is -0.707. The monoisotopic (exact) mass is 225 g/mol. The summed E-state index contributed by atoms with van der Waals surface area (Å²) >= 11 is 0. The van der Waals surface area contributed by atoms with Crippen molar-refractivity contribution in [3.8, 4) is 0 Å². The van der Waals surface area contributed by atoms with Gasteiger partial charge in [0.05, 0.1) is 0 Å². The summed E-state index contributed by atoms with van der Waals surface area (Å²) in [4.78, 5) is 24.5. The van der Waals surface area contributed by atoms with Gasteiger partial charge in [-0.1, -0.05) is 0 Å². The lowest BCUT2D eigenvalue weighted by molar-refractivity contribution is -0.113. The fraction of sp³-hybridized carbons (Fsp3) is 0.833. The molecule has 1 aliphatic carbocycles. The summed E-state index contributed by atoms with van der Waals surface area (Å²) in [7, 11) is 0. The van der Waals surface area contributed by atoms with Gasteiger partial charge >= 0.3 is 6.09 Å². The van der Waals surface area contributed by atoms with Crippen molar-refractivity contribution in [2.75, 3.05) is 13.1 Å². The van der Waals surface area contributed by atoms with Crippen LogP contribution in [0.5, 0.6) is 0 Å². The molecule has 1 heterocycles. The fourth-order valence-corrected chi connectivity index (χ4v) is 2.39. The quantitative estimate of drug-likeness (QED) is 0.640. The fourth-order valence-electron chi connectivity index (χ4n) is 2.39. The summed E-state index contributed by atoms with van der Waals surface area (Å²) in [5, 5.41) is 0. The molecule has 90 valence electrons. The predicted octanol–water partition coefficient (Wildman–Crippen LogP) is 1.83. The number of aldehydes is 1. The van der Waals surface area contributed by atoms with Gasteiger partial charge in [0.1, 0.15) is 11.9 Å². The van der Waals surface area contributed by atoms with E-state index in [4.69, 9.17) is 4.74 Å². The first-order valence-electron chi connectivity index (χ1n) is 5.81. The minimum Gasteiger partial charge on any atom is -0.444 e. The summed E-state index contributed by atoms with van der Waals surface area (Å²) < 4.78 is 5.30. The first-order valence-corrected chi connectivity index (χ1v) is 5.81. The molecule has 1 saturated carbocycles. The zero-order valence-corrected chi connectivity index (χ0v) is 10.2. The van der Waals surface area contributed by atoms with Crippen molar-refractivity contribution in [3.05, 3.63) is 0 Å². The van der Waals surface area contributed by atoms with Gasteiger partial charge in [-0.3, -0.25) is 0 Å². The first kappa shape index (κ1) is 11.4. The van der Waals surface area contributed by atoms with Crippen LogP contribution in [0.25, 0.3) is 0 Å². The molecule has 2 unspecified atom stereocenters. The maximum absolute atomic E-state index is 11.8. The topological polar surface area (TPSA) is 46.6 Å². The Balaban J connectivity index is 1.96. The highest BCUT2D eigenvalue weighted by Crippen LogP contribution is 2.55. The zero-order valence-electron chi connectivity index (χ0n) is 10.2. The van der Waals surface area contributed by atoms with Crippen LogP contribution >= 0.6 is 0 Å². The average molecular weight is 225 g/mol. The number of carbonyl (C=O) groups is 2. The van der Waals surface area contributed by atoms with Crippen molar-refractivity contribution in [3.63, 3.8) is 0 Å². The molecule has 0 aromatic carbocycles. The number of amides is 1. The number of hydrogen-bond donors (Lipinski definition) is 0. The van der Waals surface area contributed by atoms with Crippen LogP contribution in [0.4, 0.5) is 4.79 Å². The van der Waals surface area contributed by atoms with E-state index in [-0.39, 0.29) is 11.5 Å². The number of carbonyl (C=O) groups excluding carboxylic acids is 2. The molecule has 0 aromatic rings. The van der Waals surface area contributed by atoms with Crippen LogP contribution in [0.1, 0.15) is 33.6 Å². The van der Waals surface area contributed by atoms with Crippen molar-refractivity contribution in [2.45, 2.75) is 39.2 Å². The number of hydrogen-bond acceptors (Lipinski definition) is 3. The van der Waals surface area contributed by atoms with E-state index in [1.54, 1.807) is 4.90 Å². The normalized spacial score (nSPS) is 32.9. The molecule has 2 fully saturated rings. The second-order valence-electron chi connectivity index (χ2n) is 5.94. The highest BCUT2D eigenvalue weighted by atomic mass is 16.6. The van der Waals surface area contributed by atoms with Gasteiger partial charge in [0.2, 0.25) is 0 Å². The Morgan fingerprint density at radius 2 is 2.19 bits per heavy atom. The number of nitrogens with zero attached hydrogens (tertiary/aromatic N) is 1. The summed E-state index contributed by atoms with van der Waals surface area (Å²) in [6.45, 7) is 6.81. The molecule has 16 heavy (non-hydrogen) atoms. The highest BCUT2D eigenvalue weighted by Gasteiger charge is 2.57. The van der Waals surface area contributed by atoms with Crippen LogP contribution in [0.15, 0.2) is 0 Å². The standard InChI is InChI=1S/C12H19NO3/c1-11(2,3)16-10(15)13-5-4-9-6-12(9,7-13)8-14/h8-9H,4-7H2,1-3H3. The lowest BCUT2D eigenvalue weighted by atomic mass is 9.99. The second-order valence-corrected chi connectivity index (χ2v) is 5.94. The summed E-state index contributed by atoms with van der Waals surface area (Å²) in [5.74, 6) is 0.503. The SMILES string of the molecule is CC(C)(C)OC(=O)N1CCC2CC2(C=O)C1. The van der Waals surface area contributed by atoms with Crippen molar-refractivity contribution < 1.29 is 14.3 Å². The lowest BCUT2D eigenvalue weighted by Gasteiger charge is -2.32. The second kappa shape index (κ2) is 3.47. The van der Waals surface area contributed by atoms with Crippen LogP contribution in [0, 0.1) is 11.3 Å². The van der Waals surface area contributed by atoms with Crippen LogP contribution in [0.2, 0.25) is 0 Å². The Morgan fingerprint density at radius 3 is 2.75 bits per heavy atom. The van der Waals surface area contributed by atoms with E-state index >= 15 is 0 Å². The van der Waals surface area contributed by atoms with Crippen molar-refractivity contribution in [1.82, 2.24) is 4.90 Å². The van der Waals surface area contributed by atoms with Crippen molar-refractivity contribution in [1.29, 1.82) is 0 Å². The molecule has 0 aromatic heterocycles. The summed E-state index contributed by atoms with van der Waals surface area (Å²) in [6, 6.07) is 0. The molecule has 2 rings (SSSR count). The van der Waals surface area contributed by atoms with Crippen molar-refractivity contribution >= 4 is 12.4 Å². The molecule has 4 heteroatoms. The minimum atomic E-state index is -0.466. The molecule has 0 bridgehead atoms. The smallest absolute Gasteiger partial charge is 0.410 e. The maximum Gasteiger partial charge on any atom is 0.410 e. The number of fused-ring (bicyclic) bond motifs is 1. The first-order chi connectivity index (χ1) is 7.36. The third kappa shape index (κ3) is 2.06. The largest absolute Gasteiger partial charge is 0.444 e. The van der Waals surface area contributed by atoms with E-state index in [1.165, 1.54) is 0 Å². The molecule has 0 spiro atoms. The minimum absolute atomic E-state index is 0.241. The number of likely N-dealkylation sites (tertiary alicyclic amines) is 1. The van der Waals surface area contributed by atoms with Gasteiger partial charge in [-0.15, -0.1) is 0 Å². The van der Waals surface area contributed by atoms with Crippen LogP contribution in [-0.4, -0.2) is 36.0 Å². The zero-order chi connectivity index (χ0) is 12.0. The number of piperidine rings is 1. The molecule has 2 atom stereocenters. The van der Waals surface area contributed by atoms with Gasteiger partial charge in [0.25, 0.3) is 0 Å². The van der Waals surface area contributed by atoms with Crippen LogP contribution in [-0.2, 0) is 9.53 Å². The number of rotatable bonds is 1.